The van der Waals surface area contributed by atoms with Crippen LogP contribution in [0, 0.1) is 12.7 Å². The van der Waals surface area contributed by atoms with E-state index in [0.717, 1.165) is 25.9 Å². The van der Waals surface area contributed by atoms with Gasteiger partial charge in [0.2, 0.25) is 0 Å². The van der Waals surface area contributed by atoms with Crippen LogP contribution in [0.1, 0.15) is 40.6 Å². The molecule has 0 saturated heterocycles. The Labute approximate surface area is 186 Å². The van der Waals surface area contributed by atoms with Crippen molar-refractivity contribution >= 4 is 17.5 Å². The Bertz CT molecular complexity index is 1080. The first kappa shape index (κ1) is 21.5. The molecule has 3 aromatic rings. The number of aryl methyl sites for hydroxylation is 1. The third kappa shape index (κ3) is 4.36. The summed E-state index contributed by atoms with van der Waals surface area (Å²) in [5.74, 6) is -0.566. The maximum Gasteiger partial charge on any atom is 0.257 e. The van der Waals surface area contributed by atoms with Crippen molar-refractivity contribution in [1.82, 2.24) is 15.4 Å². The van der Waals surface area contributed by atoms with Crippen LogP contribution >= 0.6 is 11.6 Å². The molecule has 1 N–H and O–H groups in total. The quantitative estimate of drug-likeness (QED) is 0.584. The Hall–Kier alpha value is -2.70. The lowest BCUT2D eigenvalue weighted by Crippen LogP contribution is -2.45. The fraction of sp³-hybridized carbons (Fsp3) is 0.333. The maximum absolute atomic E-state index is 14.4. The van der Waals surface area contributed by atoms with Crippen molar-refractivity contribution in [2.45, 2.75) is 39.3 Å². The van der Waals surface area contributed by atoms with Gasteiger partial charge >= 0.3 is 0 Å². The van der Waals surface area contributed by atoms with Gasteiger partial charge in [0, 0.05) is 25.7 Å². The van der Waals surface area contributed by atoms with Crippen molar-refractivity contribution in [2.75, 3.05) is 13.1 Å². The minimum absolute atomic E-state index is 0.0749. The third-order valence-corrected chi connectivity index (χ3v) is 6.25. The van der Waals surface area contributed by atoms with Gasteiger partial charge in [-0.2, -0.15) is 0 Å². The number of halogens is 2. The molecule has 5 nitrogen and oxygen atoms in total. The molecule has 31 heavy (non-hydrogen) atoms. The van der Waals surface area contributed by atoms with Crippen LogP contribution in [-0.4, -0.2) is 35.1 Å². The van der Waals surface area contributed by atoms with E-state index in [2.05, 4.69) is 46.6 Å². The minimum Gasteiger partial charge on any atom is -0.360 e. The topological polar surface area (TPSA) is 58.4 Å². The highest BCUT2D eigenvalue weighted by Gasteiger charge is 2.27. The van der Waals surface area contributed by atoms with E-state index in [9.17, 15) is 9.18 Å². The third-order valence-electron chi connectivity index (χ3n) is 5.94. The largest absolute Gasteiger partial charge is 0.360 e. The van der Waals surface area contributed by atoms with Gasteiger partial charge in [0.1, 0.15) is 22.8 Å². The smallest absolute Gasteiger partial charge is 0.257 e. The maximum atomic E-state index is 14.4. The molecule has 7 heteroatoms. The number of nitrogens with zero attached hydrogens (tertiary/aromatic N) is 2. The molecular weight excluding hydrogens is 417 g/mol. The summed E-state index contributed by atoms with van der Waals surface area (Å²) in [7, 11) is 0. The SMILES string of the molecule is CCC(CNC(=O)c1c(-c2c(F)cccc2Cl)noc1C)N1CCc2ccccc2C1. The normalized spacial score (nSPS) is 14.8. The Kier molecular flexibility index (Phi) is 6.39. The molecule has 1 aliphatic rings. The number of aromatic nitrogens is 1. The summed E-state index contributed by atoms with van der Waals surface area (Å²) in [4.78, 5) is 15.5. The molecule has 0 saturated carbocycles. The van der Waals surface area contributed by atoms with Gasteiger partial charge in [-0.25, -0.2) is 4.39 Å². The van der Waals surface area contributed by atoms with Gasteiger partial charge < -0.3 is 9.84 Å². The number of carbonyl (C=O) groups is 1. The molecule has 0 bridgehead atoms. The van der Waals surface area contributed by atoms with E-state index in [1.807, 2.05) is 0 Å². The van der Waals surface area contributed by atoms with Gasteiger partial charge in [0.05, 0.1) is 10.6 Å². The van der Waals surface area contributed by atoms with E-state index in [1.165, 1.54) is 23.3 Å². The fourth-order valence-corrected chi connectivity index (χ4v) is 4.45. The van der Waals surface area contributed by atoms with Crippen LogP contribution in [0.5, 0.6) is 0 Å². The lowest BCUT2D eigenvalue weighted by atomic mass is 9.98. The number of benzene rings is 2. The monoisotopic (exact) mass is 441 g/mol. The molecule has 1 atom stereocenters. The first-order valence-electron chi connectivity index (χ1n) is 10.5. The van der Waals surface area contributed by atoms with Gasteiger partial charge in [0.25, 0.3) is 5.91 Å². The Morgan fingerprint density at radius 3 is 2.77 bits per heavy atom. The summed E-state index contributed by atoms with van der Waals surface area (Å²) in [6.45, 7) is 6.05. The Balaban J connectivity index is 1.50. The van der Waals surface area contributed by atoms with E-state index >= 15 is 0 Å². The van der Waals surface area contributed by atoms with Crippen molar-refractivity contribution in [2.24, 2.45) is 0 Å². The zero-order valence-corrected chi connectivity index (χ0v) is 18.4. The number of hydrogen-bond donors (Lipinski definition) is 1. The van der Waals surface area contributed by atoms with Crippen LogP contribution < -0.4 is 5.32 Å². The molecule has 2 aromatic carbocycles. The molecule has 1 aliphatic heterocycles. The molecule has 0 fully saturated rings. The van der Waals surface area contributed by atoms with Crippen molar-refractivity contribution in [1.29, 1.82) is 0 Å². The molecule has 162 valence electrons. The first-order valence-corrected chi connectivity index (χ1v) is 10.9. The van der Waals surface area contributed by atoms with Crippen LogP contribution in [-0.2, 0) is 13.0 Å². The predicted octanol–water partition coefficient (Wildman–Crippen LogP) is 5.01. The van der Waals surface area contributed by atoms with E-state index in [0.29, 0.717) is 12.3 Å². The number of hydrogen-bond acceptors (Lipinski definition) is 4. The second-order valence-corrected chi connectivity index (χ2v) is 8.23. The average molecular weight is 442 g/mol. The number of fused-ring (bicyclic) bond motifs is 1. The lowest BCUT2D eigenvalue weighted by molar-refractivity contribution is 0.0925. The van der Waals surface area contributed by atoms with Crippen molar-refractivity contribution in [3.05, 3.63) is 75.8 Å². The van der Waals surface area contributed by atoms with Crippen LogP contribution in [0.3, 0.4) is 0 Å². The molecule has 1 aromatic heterocycles. The fourth-order valence-electron chi connectivity index (χ4n) is 4.19. The first-order chi connectivity index (χ1) is 15.0. The number of rotatable bonds is 6. The summed E-state index contributed by atoms with van der Waals surface area (Å²) < 4.78 is 19.6. The van der Waals surface area contributed by atoms with Crippen molar-refractivity contribution in [3.63, 3.8) is 0 Å². The van der Waals surface area contributed by atoms with Gasteiger partial charge in [0.15, 0.2) is 0 Å². The van der Waals surface area contributed by atoms with Crippen LogP contribution in [0.4, 0.5) is 4.39 Å². The van der Waals surface area contributed by atoms with Gasteiger partial charge in [-0.15, -0.1) is 0 Å². The molecule has 0 spiro atoms. The number of amides is 1. The molecule has 4 rings (SSSR count). The summed E-state index contributed by atoms with van der Waals surface area (Å²) in [5, 5.41) is 7.10. The van der Waals surface area contributed by atoms with Crippen molar-refractivity contribution in [3.8, 4) is 11.3 Å². The van der Waals surface area contributed by atoms with E-state index < -0.39 is 5.82 Å². The highest BCUT2D eigenvalue weighted by atomic mass is 35.5. The van der Waals surface area contributed by atoms with E-state index in [-0.39, 0.29) is 33.8 Å². The van der Waals surface area contributed by atoms with Crippen LogP contribution in [0.15, 0.2) is 47.0 Å². The minimum atomic E-state index is -0.548. The molecule has 0 radical (unpaired) electrons. The van der Waals surface area contributed by atoms with Crippen LogP contribution in [0.2, 0.25) is 5.02 Å². The Morgan fingerprint density at radius 1 is 1.26 bits per heavy atom. The molecule has 0 aliphatic carbocycles. The summed E-state index contributed by atoms with van der Waals surface area (Å²) in [6, 6.07) is 13.0. The van der Waals surface area contributed by atoms with Gasteiger partial charge in [-0.1, -0.05) is 54.0 Å². The number of carbonyl (C=O) groups excluding carboxylic acids is 1. The standard InChI is InChI=1S/C24H25ClFN3O2/c1-3-18(29-12-11-16-7-4-5-8-17(16)14-29)13-27-24(30)21-15(2)31-28-23(21)22-19(25)9-6-10-20(22)26/h4-10,18H,3,11-14H2,1-2H3,(H,27,30). The zero-order chi connectivity index (χ0) is 22.0. The lowest BCUT2D eigenvalue weighted by Gasteiger charge is -2.35. The highest BCUT2D eigenvalue weighted by molar-refractivity contribution is 6.33. The van der Waals surface area contributed by atoms with Gasteiger partial charge in [-0.05, 0) is 43.0 Å². The Morgan fingerprint density at radius 2 is 2.03 bits per heavy atom. The van der Waals surface area contributed by atoms with E-state index in [4.69, 9.17) is 16.1 Å². The predicted molar refractivity (Wildman–Crippen MR) is 119 cm³/mol. The zero-order valence-electron chi connectivity index (χ0n) is 17.6. The summed E-state index contributed by atoms with van der Waals surface area (Å²) in [5.41, 5.74) is 3.14. The van der Waals surface area contributed by atoms with Crippen LogP contribution in [0.25, 0.3) is 11.3 Å². The van der Waals surface area contributed by atoms with E-state index in [1.54, 1.807) is 13.0 Å². The molecular formula is C24H25ClFN3O2. The summed E-state index contributed by atoms with van der Waals surface area (Å²) in [6.07, 6.45) is 1.90. The second-order valence-electron chi connectivity index (χ2n) is 7.82. The molecule has 1 amide bonds. The molecule has 1 unspecified atom stereocenters. The second kappa shape index (κ2) is 9.20. The number of nitrogens with one attached hydrogen (secondary N) is 1. The van der Waals surface area contributed by atoms with Crippen molar-refractivity contribution < 1.29 is 13.7 Å². The van der Waals surface area contributed by atoms with Gasteiger partial charge in [-0.3, -0.25) is 9.69 Å². The highest BCUT2D eigenvalue weighted by Crippen LogP contribution is 2.33. The summed E-state index contributed by atoms with van der Waals surface area (Å²) >= 11 is 6.18. The molecule has 2 heterocycles. The average Bonchev–Trinajstić information content (AvgIpc) is 3.15.